The van der Waals surface area contributed by atoms with E-state index in [4.69, 9.17) is 0 Å². The van der Waals surface area contributed by atoms with Gasteiger partial charge in [-0.2, -0.15) is 0 Å². The lowest BCUT2D eigenvalue weighted by Crippen LogP contribution is -1.83. The number of H-pyrrole nitrogens is 1. The van der Waals surface area contributed by atoms with Gasteiger partial charge in [-0.15, -0.1) is 0 Å². The van der Waals surface area contributed by atoms with E-state index in [-0.39, 0.29) is 0 Å². The van der Waals surface area contributed by atoms with Crippen molar-refractivity contribution >= 4 is 26.8 Å². The Labute approximate surface area is 111 Å². The van der Waals surface area contributed by atoms with Gasteiger partial charge < -0.3 is 4.98 Å². The van der Waals surface area contributed by atoms with Crippen LogP contribution < -0.4 is 0 Å². The van der Waals surface area contributed by atoms with E-state index in [1.165, 1.54) is 12.1 Å². The molecule has 0 spiro atoms. The summed E-state index contributed by atoms with van der Waals surface area (Å²) >= 11 is 3.43. The highest BCUT2D eigenvalue weighted by Gasteiger charge is 2.08. The van der Waals surface area contributed by atoms with Gasteiger partial charge in [0, 0.05) is 27.2 Å². The van der Waals surface area contributed by atoms with E-state index in [0.717, 1.165) is 21.4 Å². The van der Waals surface area contributed by atoms with Crippen LogP contribution in [0.15, 0.2) is 46.9 Å². The molecule has 0 fully saturated rings. The first kappa shape index (κ1) is 11.4. The molecule has 4 heteroatoms. The molecular weight excluding hydrogens is 300 g/mol. The Balaban J connectivity index is 2.22. The van der Waals surface area contributed by atoms with E-state index >= 15 is 0 Å². The highest BCUT2D eigenvalue weighted by molar-refractivity contribution is 9.10. The molecule has 0 atom stereocenters. The van der Waals surface area contributed by atoms with E-state index in [1.807, 2.05) is 24.3 Å². The van der Waals surface area contributed by atoms with Crippen LogP contribution in [-0.2, 0) is 0 Å². The Bertz CT molecular complexity index is 713. The molecule has 0 amide bonds. The van der Waals surface area contributed by atoms with E-state index in [2.05, 4.69) is 20.9 Å². The van der Waals surface area contributed by atoms with Crippen LogP contribution in [0, 0.1) is 11.6 Å². The summed E-state index contributed by atoms with van der Waals surface area (Å²) in [7, 11) is 0. The summed E-state index contributed by atoms with van der Waals surface area (Å²) in [6.45, 7) is 0. The number of para-hydroxylation sites is 1. The third kappa shape index (κ3) is 1.93. The van der Waals surface area contributed by atoms with Crippen molar-refractivity contribution in [2.24, 2.45) is 0 Å². The first-order valence-corrected chi connectivity index (χ1v) is 6.16. The second-order valence-electron chi connectivity index (χ2n) is 4.05. The molecule has 0 aliphatic rings. The zero-order valence-corrected chi connectivity index (χ0v) is 10.8. The van der Waals surface area contributed by atoms with Gasteiger partial charge in [0.1, 0.15) is 11.6 Å². The lowest BCUT2D eigenvalue weighted by Gasteiger charge is -1.99. The Morgan fingerprint density at radius 2 is 1.67 bits per heavy atom. The van der Waals surface area contributed by atoms with Gasteiger partial charge in [0.25, 0.3) is 0 Å². The molecule has 3 rings (SSSR count). The molecule has 0 saturated heterocycles. The van der Waals surface area contributed by atoms with Crippen LogP contribution in [0.4, 0.5) is 8.78 Å². The number of fused-ring (bicyclic) bond motifs is 1. The first-order chi connectivity index (χ1) is 8.63. The number of aromatic nitrogens is 1. The average molecular weight is 308 g/mol. The van der Waals surface area contributed by atoms with Crippen LogP contribution in [0.3, 0.4) is 0 Å². The highest BCUT2D eigenvalue weighted by atomic mass is 79.9. The maximum absolute atomic E-state index is 13.2. The van der Waals surface area contributed by atoms with Crippen molar-refractivity contribution < 1.29 is 8.78 Å². The fourth-order valence-electron chi connectivity index (χ4n) is 1.98. The summed E-state index contributed by atoms with van der Waals surface area (Å²) in [6, 6.07) is 11.1. The molecule has 0 unspecified atom stereocenters. The van der Waals surface area contributed by atoms with Gasteiger partial charge in [-0.05, 0) is 40.2 Å². The zero-order chi connectivity index (χ0) is 12.7. The van der Waals surface area contributed by atoms with E-state index in [0.29, 0.717) is 11.3 Å². The van der Waals surface area contributed by atoms with Gasteiger partial charge in [-0.1, -0.05) is 12.1 Å². The molecule has 18 heavy (non-hydrogen) atoms. The van der Waals surface area contributed by atoms with Gasteiger partial charge in [-0.25, -0.2) is 8.78 Å². The number of halogens is 3. The molecule has 0 bridgehead atoms. The summed E-state index contributed by atoms with van der Waals surface area (Å²) in [5.74, 6) is -1.16. The van der Waals surface area contributed by atoms with Crippen LogP contribution in [0.25, 0.3) is 22.2 Å². The van der Waals surface area contributed by atoms with Crippen molar-refractivity contribution in [3.05, 3.63) is 58.6 Å². The summed E-state index contributed by atoms with van der Waals surface area (Å²) in [5, 5.41) is 0.990. The third-order valence-corrected chi connectivity index (χ3v) is 3.44. The fraction of sp³-hybridized carbons (Fsp3) is 0. The topological polar surface area (TPSA) is 15.8 Å². The number of aromatic amines is 1. The number of hydrogen-bond donors (Lipinski definition) is 1. The van der Waals surface area contributed by atoms with Crippen LogP contribution in [0.5, 0.6) is 0 Å². The quantitative estimate of drug-likeness (QED) is 0.660. The Hall–Kier alpha value is -1.68. The second kappa shape index (κ2) is 4.21. The summed E-state index contributed by atoms with van der Waals surface area (Å²) in [4.78, 5) is 3.15. The minimum Gasteiger partial charge on any atom is -0.354 e. The third-order valence-electron chi connectivity index (χ3n) is 2.78. The molecule has 3 aromatic rings. The summed E-state index contributed by atoms with van der Waals surface area (Å²) in [6.07, 6.45) is 0. The Kier molecular flexibility index (Phi) is 2.67. The Morgan fingerprint density at radius 3 is 2.33 bits per heavy atom. The van der Waals surface area contributed by atoms with E-state index in [1.54, 1.807) is 0 Å². The van der Waals surface area contributed by atoms with Crippen LogP contribution in [-0.4, -0.2) is 4.98 Å². The van der Waals surface area contributed by atoms with Crippen molar-refractivity contribution in [2.45, 2.75) is 0 Å². The van der Waals surface area contributed by atoms with Crippen LogP contribution in [0.1, 0.15) is 0 Å². The van der Waals surface area contributed by atoms with Gasteiger partial charge in [0.2, 0.25) is 0 Å². The SMILES string of the molecule is Fc1cc(F)cc(-c2cc3cccc(Br)c3[nH]2)c1. The van der Waals surface area contributed by atoms with Gasteiger partial charge in [0.05, 0.1) is 5.52 Å². The standard InChI is InChI=1S/C14H8BrF2N/c15-12-3-1-2-8-6-13(18-14(8)12)9-4-10(16)7-11(17)5-9/h1-7,18H. The predicted molar refractivity (Wildman–Crippen MR) is 71.4 cm³/mol. The number of rotatable bonds is 1. The van der Waals surface area contributed by atoms with E-state index in [9.17, 15) is 8.78 Å². The van der Waals surface area contributed by atoms with E-state index < -0.39 is 11.6 Å². The molecule has 90 valence electrons. The molecule has 1 heterocycles. The summed E-state index contributed by atoms with van der Waals surface area (Å²) in [5.41, 5.74) is 2.10. The smallest absolute Gasteiger partial charge is 0.126 e. The van der Waals surface area contributed by atoms with Crippen molar-refractivity contribution in [3.63, 3.8) is 0 Å². The maximum Gasteiger partial charge on any atom is 0.126 e. The monoisotopic (exact) mass is 307 g/mol. The summed E-state index contributed by atoms with van der Waals surface area (Å²) < 4.78 is 27.3. The fourth-order valence-corrected chi connectivity index (χ4v) is 2.46. The molecule has 0 aliphatic heterocycles. The second-order valence-corrected chi connectivity index (χ2v) is 4.90. The zero-order valence-electron chi connectivity index (χ0n) is 9.18. The van der Waals surface area contributed by atoms with Gasteiger partial charge in [0.15, 0.2) is 0 Å². The number of benzene rings is 2. The molecule has 0 aliphatic carbocycles. The van der Waals surface area contributed by atoms with Crippen molar-refractivity contribution in [3.8, 4) is 11.3 Å². The van der Waals surface area contributed by atoms with Crippen molar-refractivity contribution in [1.82, 2.24) is 4.98 Å². The lowest BCUT2D eigenvalue weighted by atomic mass is 10.1. The Morgan fingerprint density at radius 1 is 0.944 bits per heavy atom. The van der Waals surface area contributed by atoms with Crippen molar-refractivity contribution in [2.75, 3.05) is 0 Å². The largest absolute Gasteiger partial charge is 0.354 e. The average Bonchev–Trinajstić information content (AvgIpc) is 2.73. The molecule has 1 aromatic heterocycles. The normalized spacial score (nSPS) is 11.1. The lowest BCUT2D eigenvalue weighted by molar-refractivity contribution is 0.584. The molecule has 0 radical (unpaired) electrons. The number of nitrogens with one attached hydrogen (secondary N) is 1. The van der Waals surface area contributed by atoms with Crippen LogP contribution in [0.2, 0.25) is 0 Å². The molecule has 2 aromatic carbocycles. The van der Waals surface area contributed by atoms with Gasteiger partial charge >= 0.3 is 0 Å². The number of hydrogen-bond acceptors (Lipinski definition) is 0. The molecule has 0 saturated carbocycles. The minimum absolute atomic E-state index is 0.496. The minimum atomic E-state index is -0.581. The first-order valence-electron chi connectivity index (χ1n) is 5.37. The highest BCUT2D eigenvalue weighted by Crippen LogP contribution is 2.29. The van der Waals surface area contributed by atoms with Crippen LogP contribution >= 0.6 is 15.9 Å². The predicted octanol–water partition coefficient (Wildman–Crippen LogP) is 4.88. The molecular formula is C14H8BrF2N. The van der Waals surface area contributed by atoms with Crippen molar-refractivity contribution in [1.29, 1.82) is 0 Å². The molecule has 1 nitrogen and oxygen atoms in total. The molecule has 1 N–H and O–H groups in total. The van der Waals surface area contributed by atoms with Gasteiger partial charge in [-0.3, -0.25) is 0 Å². The maximum atomic E-state index is 13.2.